The molecule has 0 saturated carbocycles. The molecule has 1 fully saturated rings. The molecule has 0 amide bonds. The molecule has 8 heteroatoms. The molecule has 18 heavy (non-hydrogen) atoms. The molecule has 6 nitrogen and oxygen atoms in total. The highest BCUT2D eigenvalue weighted by Gasteiger charge is 2.30. The molecule has 1 saturated heterocycles. The lowest BCUT2D eigenvalue weighted by atomic mass is 9.82. The largest absolute Gasteiger partial charge is 0.490 e. The molecule has 0 radical (unpaired) electrons. The van der Waals surface area contributed by atoms with Crippen LogP contribution in [0.4, 0.5) is 0 Å². The zero-order valence-electron chi connectivity index (χ0n) is 9.78. The summed E-state index contributed by atoms with van der Waals surface area (Å²) in [5.74, 6) is 0. The van der Waals surface area contributed by atoms with Gasteiger partial charge in [0.25, 0.3) is 0 Å². The van der Waals surface area contributed by atoms with Gasteiger partial charge in [-0.3, -0.25) is 0 Å². The van der Waals surface area contributed by atoms with Gasteiger partial charge in [-0.05, 0) is 32.0 Å². The Labute approximate surface area is 106 Å². The van der Waals surface area contributed by atoms with Gasteiger partial charge in [-0.1, -0.05) is 6.07 Å². The third kappa shape index (κ3) is 2.72. The second-order valence-corrected chi connectivity index (χ2v) is 6.47. The molecule has 0 bridgehead atoms. The molecule has 0 aromatic carbocycles. The summed E-state index contributed by atoms with van der Waals surface area (Å²) in [6.07, 6.45) is 2.33. The number of piperidine rings is 1. The fourth-order valence-electron chi connectivity index (χ4n) is 1.99. The number of pyridine rings is 1. The number of nitrogens with one attached hydrogen (secondary N) is 1. The molecule has 2 heterocycles. The van der Waals surface area contributed by atoms with E-state index >= 15 is 0 Å². The van der Waals surface area contributed by atoms with Gasteiger partial charge in [0.2, 0.25) is 0 Å². The SMILES string of the molecule is O=S(=O)(c1ccc(B(O)O)cn1)C1CCNCC1. The summed E-state index contributed by atoms with van der Waals surface area (Å²) >= 11 is 0. The summed E-state index contributed by atoms with van der Waals surface area (Å²) in [7, 11) is -5.05. The van der Waals surface area contributed by atoms with Gasteiger partial charge in [-0.2, -0.15) is 0 Å². The first-order valence-electron chi connectivity index (χ1n) is 5.78. The number of aromatic nitrogens is 1. The Kier molecular flexibility index (Phi) is 4.01. The highest BCUT2D eigenvalue weighted by Crippen LogP contribution is 2.19. The molecule has 1 aliphatic rings. The summed E-state index contributed by atoms with van der Waals surface area (Å²) in [5, 5.41) is 20.6. The van der Waals surface area contributed by atoms with Crippen LogP contribution in [0.15, 0.2) is 23.4 Å². The van der Waals surface area contributed by atoms with Gasteiger partial charge in [0.15, 0.2) is 14.9 Å². The van der Waals surface area contributed by atoms with E-state index in [4.69, 9.17) is 10.0 Å². The van der Waals surface area contributed by atoms with Gasteiger partial charge in [0.05, 0.1) is 5.25 Å². The third-order valence-electron chi connectivity index (χ3n) is 3.07. The van der Waals surface area contributed by atoms with Crippen LogP contribution in [0.3, 0.4) is 0 Å². The summed E-state index contributed by atoms with van der Waals surface area (Å²) in [5.41, 5.74) is 0.180. The summed E-state index contributed by atoms with van der Waals surface area (Å²) in [6.45, 7) is 1.38. The van der Waals surface area contributed by atoms with Crippen molar-refractivity contribution in [3.05, 3.63) is 18.3 Å². The second kappa shape index (κ2) is 5.35. The standard InChI is InChI=1S/C10H15BN2O4S/c14-11(15)8-1-2-10(13-7-8)18(16,17)9-3-5-12-6-4-9/h1-2,7,9,12,14-15H,3-6H2. The number of sulfone groups is 1. The van der Waals surface area contributed by atoms with E-state index in [1.165, 1.54) is 18.3 Å². The van der Waals surface area contributed by atoms with Crippen LogP contribution < -0.4 is 10.8 Å². The van der Waals surface area contributed by atoms with E-state index < -0.39 is 22.2 Å². The minimum Gasteiger partial charge on any atom is -0.423 e. The monoisotopic (exact) mass is 270 g/mol. The van der Waals surface area contributed by atoms with Crippen molar-refractivity contribution >= 4 is 22.4 Å². The average molecular weight is 270 g/mol. The lowest BCUT2D eigenvalue weighted by Crippen LogP contribution is -2.36. The number of hydrogen-bond donors (Lipinski definition) is 3. The van der Waals surface area contributed by atoms with Crippen LogP contribution in [0, 0.1) is 0 Å². The molecule has 1 aliphatic heterocycles. The Hall–Kier alpha value is -0.955. The van der Waals surface area contributed by atoms with E-state index in [1.54, 1.807) is 0 Å². The van der Waals surface area contributed by atoms with E-state index in [2.05, 4.69) is 10.3 Å². The van der Waals surface area contributed by atoms with Crippen LogP contribution in [-0.4, -0.2) is 48.9 Å². The van der Waals surface area contributed by atoms with E-state index in [1.807, 2.05) is 0 Å². The topological polar surface area (TPSA) is 99.5 Å². The third-order valence-corrected chi connectivity index (χ3v) is 5.25. The molecular weight excluding hydrogens is 255 g/mol. The Morgan fingerprint density at radius 3 is 2.44 bits per heavy atom. The zero-order valence-corrected chi connectivity index (χ0v) is 10.6. The Balaban J connectivity index is 2.23. The van der Waals surface area contributed by atoms with Crippen molar-refractivity contribution in [1.82, 2.24) is 10.3 Å². The summed E-state index contributed by atoms with van der Waals surface area (Å²) in [6, 6.07) is 2.69. The van der Waals surface area contributed by atoms with E-state index in [0.717, 1.165) is 0 Å². The van der Waals surface area contributed by atoms with Crippen molar-refractivity contribution in [2.45, 2.75) is 23.1 Å². The first-order valence-corrected chi connectivity index (χ1v) is 7.33. The molecule has 0 aliphatic carbocycles. The Morgan fingerprint density at radius 1 is 1.28 bits per heavy atom. The van der Waals surface area contributed by atoms with Crippen molar-refractivity contribution < 1.29 is 18.5 Å². The van der Waals surface area contributed by atoms with Gasteiger partial charge >= 0.3 is 7.12 Å². The van der Waals surface area contributed by atoms with Crippen molar-refractivity contribution in [2.75, 3.05) is 13.1 Å². The Bertz CT molecular complexity index is 497. The van der Waals surface area contributed by atoms with E-state index in [9.17, 15) is 8.42 Å². The zero-order chi connectivity index (χ0) is 13.2. The van der Waals surface area contributed by atoms with E-state index in [0.29, 0.717) is 25.9 Å². The smallest absolute Gasteiger partial charge is 0.423 e. The molecule has 0 atom stereocenters. The van der Waals surface area contributed by atoms with Gasteiger partial charge in [0.1, 0.15) is 0 Å². The Morgan fingerprint density at radius 2 is 1.94 bits per heavy atom. The fraction of sp³-hybridized carbons (Fsp3) is 0.500. The quantitative estimate of drug-likeness (QED) is 0.565. The van der Waals surface area contributed by atoms with Gasteiger partial charge in [-0.25, -0.2) is 13.4 Å². The molecule has 1 aromatic heterocycles. The van der Waals surface area contributed by atoms with Gasteiger partial charge in [0, 0.05) is 11.7 Å². The minimum absolute atomic E-state index is 0.00111. The average Bonchev–Trinajstić information content (AvgIpc) is 2.40. The fourth-order valence-corrected chi connectivity index (χ4v) is 3.64. The molecule has 0 spiro atoms. The maximum absolute atomic E-state index is 12.3. The number of nitrogens with zero attached hydrogens (tertiary/aromatic N) is 1. The van der Waals surface area contributed by atoms with Crippen molar-refractivity contribution in [2.24, 2.45) is 0 Å². The van der Waals surface area contributed by atoms with Crippen molar-refractivity contribution in [1.29, 1.82) is 0 Å². The molecule has 1 aromatic rings. The van der Waals surface area contributed by atoms with Crippen LogP contribution in [-0.2, 0) is 9.84 Å². The summed E-state index contributed by atoms with van der Waals surface area (Å²) < 4.78 is 24.5. The van der Waals surface area contributed by atoms with E-state index in [-0.39, 0.29) is 10.5 Å². The van der Waals surface area contributed by atoms with Crippen molar-refractivity contribution in [3.63, 3.8) is 0 Å². The highest BCUT2D eigenvalue weighted by atomic mass is 32.2. The first kappa shape index (κ1) is 13.5. The lowest BCUT2D eigenvalue weighted by Gasteiger charge is -2.22. The molecule has 2 rings (SSSR count). The second-order valence-electron chi connectivity index (χ2n) is 4.30. The van der Waals surface area contributed by atoms with Crippen LogP contribution in [0.2, 0.25) is 0 Å². The predicted molar refractivity (Wildman–Crippen MR) is 67.1 cm³/mol. The van der Waals surface area contributed by atoms with Crippen LogP contribution in [0.1, 0.15) is 12.8 Å². The maximum atomic E-state index is 12.3. The highest BCUT2D eigenvalue weighted by molar-refractivity contribution is 7.92. The minimum atomic E-state index is -3.42. The predicted octanol–water partition coefficient (Wildman–Crippen LogP) is -1.71. The van der Waals surface area contributed by atoms with Crippen LogP contribution in [0.25, 0.3) is 0 Å². The van der Waals surface area contributed by atoms with Crippen LogP contribution >= 0.6 is 0 Å². The number of rotatable bonds is 3. The van der Waals surface area contributed by atoms with Crippen LogP contribution in [0.5, 0.6) is 0 Å². The molecule has 0 unspecified atom stereocenters. The molecular formula is C10H15BN2O4S. The maximum Gasteiger partial charge on any atom is 0.490 e. The van der Waals surface area contributed by atoms with Gasteiger partial charge < -0.3 is 15.4 Å². The number of hydrogen-bond acceptors (Lipinski definition) is 6. The summed E-state index contributed by atoms with van der Waals surface area (Å²) in [4.78, 5) is 3.82. The van der Waals surface area contributed by atoms with Gasteiger partial charge in [-0.15, -0.1) is 0 Å². The first-order chi connectivity index (χ1) is 8.51. The van der Waals surface area contributed by atoms with Crippen molar-refractivity contribution in [3.8, 4) is 0 Å². The lowest BCUT2D eigenvalue weighted by molar-refractivity contribution is 0.425. The molecule has 3 N–H and O–H groups in total. The normalized spacial score (nSPS) is 17.7. The molecule has 98 valence electrons.